The first-order chi connectivity index (χ1) is 13.4. The van der Waals surface area contributed by atoms with Gasteiger partial charge in [0, 0.05) is 30.8 Å². The molecule has 28 heavy (non-hydrogen) atoms. The topological polar surface area (TPSA) is 94.2 Å². The van der Waals surface area contributed by atoms with Gasteiger partial charge >= 0.3 is 0 Å². The summed E-state index contributed by atoms with van der Waals surface area (Å²) in [5, 5.41) is 2.78. The van der Waals surface area contributed by atoms with Gasteiger partial charge in [-0.25, -0.2) is 0 Å². The Labute approximate surface area is 162 Å². The molecule has 8 heteroatoms. The Morgan fingerprint density at radius 2 is 1.50 bits per heavy atom. The van der Waals surface area contributed by atoms with E-state index in [0.717, 1.165) is 4.90 Å². The minimum absolute atomic E-state index is 0.173. The Balaban J connectivity index is 1.80. The number of fused-ring (bicyclic) bond motifs is 1. The predicted octanol–water partition coefficient (Wildman–Crippen LogP) is 1.87. The van der Waals surface area contributed by atoms with Crippen LogP contribution in [0.15, 0.2) is 30.3 Å². The van der Waals surface area contributed by atoms with E-state index >= 15 is 0 Å². The summed E-state index contributed by atoms with van der Waals surface area (Å²) in [7, 11) is 5.97. The van der Waals surface area contributed by atoms with E-state index in [4.69, 9.17) is 14.2 Å². The van der Waals surface area contributed by atoms with Crippen LogP contribution in [0.4, 0.5) is 0 Å². The highest BCUT2D eigenvalue weighted by Gasteiger charge is 2.33. The van der Waals surface area contributed by atoms with Crippen molar-refractivity contribution in [3.63, 3.8) is 0 Å². The molecule has 0 unspecified atom stereocenters. The number of rotatable bonds is 6. The van der Waals surface area contributed by atoms with Crippen LogP contribution in [0.25, 0.3) is 0 Å². The average molecular weight is 384 g/mol. The number of carbonyl (C=O) groups is 3. The summed E-state index contributed by atoms with van der Waals surface area (Å²) in [5.41, 5.74) is 1.50. The normalized spacial score (nSPS) is 12.6. The van der Waals surface area contributed by atoms with Crippen LogP contribution in [0.5, 0.6) is 17.2 Å². The summed E-state index contributed by atoms with van der Waals surface area (Å²) in [6, 6.07) is 7.84. The molecule has 2 aromatic carbocycles. The first-order valence-electron chi connectivity index (χ1n) is 8.44. The lowest BCUT2D eigenvalue weighted by Gasteiger charge is -2.14. The SMILES string of the molecule is COc1cc(OC)c(OC)cc1CNC(=O)c1ccc2c(c1)C(=O)N(C)C2=O. The molecule has 1 N–H and O–H groups in total. The zero-order valence-corrected chi connectivity index (χ0v) is 16.0. The first-order valence-corrected chi connectivity index (χ1v) is 8.44. The third kappa shape index (κ3) is 3.24. The number of nitrogens with one attached hydrogen (secondary N) is 1. The maximum absolute atomic E-state index is 12.5. The number of methoxy groups -OCH3 is 3. The molecule has 0 atom stereocenters. The molecule has 0 radical (unpaired) electrons. The van der Waals surface area contributed by atoms with Crippen LogP contribution in [-0.4, -0.2) is 51.0 Å². The van der Waals surface area contributed by atoms with Crippen LogP contribution in [-0.2, 0) is 6.54 Å². The number of hydrogen-bond acceptors (Lipinski definition) is 6. The van der Waals surface area contributed by atoms with Crippen molar-refractivity contribution < 1.29 is 28.6 Å². The van der Waals surface area contributed by atoms with Crippen LogP contribution in [0.2, 0.25) is 0 Å². The molecule has 1 aliphatic heterocycles. The zero-order valence-electron chi connectivity index (χ0n) is 16.0. The fourth-order valence-electron chi connectivity index (χ4n) is 3.01. The quantitative estimate of drug-likeness (QED) is 0.764. The highest BCUT2D eigenvalue weighted by atomic mass is 16.5. The molecule has 0 saturated carbocycles. The average Bonchev–Trinajstić information content (AvgIpc) is 2.94. The van der Waals surface area contributed by atoms with Gasteiger partial charge in [0.1, 0.15) is 5.75 Å². The minimum atomic E-state index is -0.420. The highest BCUT2D eigenvalue weighted by Crippen LogP contribution is 2.34. The standard InChI is InChI=1S/C20H20N2O6/c1-22-19(24)13-6-5-11(7-14(13)20(22)25)18(23)21-10-12-8-16(27-3)17(28-4)9-15(12)26-2/h5-9H,10H2,1-4H3,(H,21,23). The molecule has 3 rings (SSSR count). The summed E-state index contributed by atoms with van der Waals surface area (Å²) in [4.78, 5) is 37.6. The Morgan fingerprint density at radius 1 is 0.893 bits per heavy atom. The van der Waals surface area contributed by atoms with Gasteiger partial charge in [0.15, 0.2) is 11.5 Å². The van der Waals surface area contributed by atoms with Crippen LogP contribution < -0.4 is 19.5 Å². The lowest BCUT2D eigenvalue weighted by atomic mass is 10.1. The number of benzene rings is 2. The highest BCUT2D eigenvalue weighted by molar-refractivity contribution is 6.21. The molecular weight excluding hydrogens is 364 g/mol. The van der Waals surface area contributed by atoms with E-state index in [1.54, 1.807) is 12.1 Å². The number of ether oxygens (including phenoxy) is 3. The van der Waals surface area contributed by atoms with E-state index in [9.17, 15) is 14.4 Å². The van der Waals surface area contributed by atoms with Crippen molar-refractivity contribution in [3.8, 4) is 17.2 Å². The third-order valence-corrected chi connectivity index (χ3v) is 4.58. The van der Waals surface area contributed by atoms with Crippen molar-refractivity contribution in [2.45, 2.75) is 6.54 Å². The molecule has 0 saturated heterocycles. The first kappa shape index (κ1) is 19.2. The van der Waals surface area contributed by atoms with Gasteiger partial charge in [0.2, 0.25) is 0 Å². The molecule has 8 nitrogen and oxygen atoms in total. The van der Waals surface area contributed by atoms with Crippen LogP contribution >= 0.6 is 0 Å². The molecule has 0 aliphatic carbocycles. The van der Waals surface area contributed by atoms with Crippen molar-refractivity contribution in [1.29, 1.82) is 0 Å². The van der Waals surface area contributed by atoms with Gasteiger partial charge in [-0.15, -0.1) is 0 Å². The van der Waals surface area contributed by atoms with Gasteiger partial charge < -0.3 is 19.5 Å². The molecule has 0 bridgehead atoms. The Morgan fingerprint density at radius 3 is 2.14 bits per heavy atom. The van der Waals surface area contributed by atoms with E-state index in [2.05, 4.69) is 5.32 Å². The molecule has 2 aromatic rings. The molecular formula is C20H20N2O6. The molecule has 1 aliphatic rings. The zero-order chi connectivity index (χ0) is 20.4. The number of carbonyl (C=O) groups excluding carboxylic acids is 3. The van der Waals surface area contributed by atoms with E-state index in [1.807, 2.05) is 0 Å². The minimum Gasteiger partial charge on any atom is -0.496 e. The van der Waals surface area contributed by atoms with Crippen molar-refractivity contribution in [2.75, 3.05) is 28.4 Å². The lowest BCUT2D eigenvalue weighted by molar-refractivity contribution is 0.0693. The molecule has 1 heterocycles. The molecule has 0 fully saturated rings. The number of amides is 3. The van der Waals surface area contributed by atoms with Crippen LogP contribution in [0, 0.1) is 0 Å². The van der Waals surface area contributed by atoms with Gasteiger partial charge in [-0.1, -0.05) is 0 Å². The maximum atomic E-state index is 12.5. The second kappa shape index (κ2) is 7.59. The van der Waals surface area contributed by atoms with Crippen LogP contribution in [0.3, 0.4) is 0 Å². The van der Waals surface area contributed by atoms with E-state index in [-0.39, 0.29) is 29.5 Å². The van der Waals surface area contributed by atoms with Gasteiger partial charge in [-0.3, -0.25) is 19.3 Å². The predicted molar refractivity (Wildman–Crippen MR) is 100 cm³/mol. The third-order valence-electron chi connectivity index (χ3n) is 4.58. The maximum Gasteiger partial charge on any atom is 0.261 e. The van der Waals surface area contributed by atoms with E-state index in [1.165, 1.54) is 46.6 Å². The van der Waals surface area contributed by atoms with Gasteiger partial charge in [-0.2, -0.15) is 0 Å². The molecule has 3 amide bonds. The van der Waals surface area contributed by atoms with Crippen molar-refractivity contribution >= 4 is 17.7 Å². The van der Waals surface area contributed by atoms with Gasteiger partial charge in [0.05, 0.1) is 32.5 Å². The lowest BCUT2D eigenvalue weighted by Crippen LogP contribution is -2.24. The van der Waals surface area contributed by atoms with Gasteiger partial charge in [0.25, 0.3) is 17.7 Å². The fourth-order valence-corrected chi connectivity index (χ4v) is 3.01. The molecule has 146 valence electrons. The summed E-state index contributed by atoms with van der Waals surface area (Å²) in [5.74, 6) is 0.388. The van der Waals surface area contributed by atoms with Crippen molar-refractivity contribution in [2.24, 2.45) is 0 Å². The Bertz CT molecular complexity index is 969. The number of hydrogen-bond donors (Lipinski definition) is 1. The van der Waals surface area contributed by atoms with E-state index in [0.29, 0.717) is 28.4 Å². The summed E-state index contributed by atoms with van der Waals surface area (Å²) in [6.45, 7) is 0.173. The number of imide groups is 1. The Hall–Kier alpha value is -3.55. The van der Waals surface area contributed by atoms with Crippen molar-refractivity contribution in [3.05, 3.63) is 52.6 Å². The molecule has 0 aromatic heterocycles. The fraction of sp³-hybridized carbons (Fsp3) is 0.250. The summed E-state index contributed by atoms with van der Waals surface area (Å²) < 4.78 is 15.9. The van der Waals surface area contributed by atoms with Gasteiger partial charge in [-0.05, 0) is 24.3 Å². The summed E-state index contributed by atoms with van der Waals surface area (Å²) >= 11 is 0. The molecule has 0 spiro atoms. The largest absolute Gasteiger partial charge is 0.496 e. The monoisotopic (exact) mass is 384 g/mol. The summed E-state index contributed by atoms with van der Waals surface area (Å²) in [6.07, 6.45) is 0. The second-order valence-corrected chi connectivity index (χ2v) is 6.13. The number of nitrogens with zero attached hydrogens (tertiary/aromatic N) is 1. The van der Waals surface area contributed by atoms with Crippen molar-refractivity contribution in [1.82, 2.24) is 10.2 Å². The van der Waals surface area contributed by atoms with Crippen LogP contribution in [0.1, 0.15) is 36.6 Å². The van der Waals surface area contributed by atoms with E-state index < -0.39 is 5.91 Å². The Kier molecular flexibility index (Phi) is 5.21. The second-order valence-electron chi connectivity index (χ2n) is 6.13. The smallest absolute Gasteiger partial charge is 0.261 e.